The van der Waals surface area contributed by atoms with Crippen molar-refractivity contribution in [2.45, 2.75) is 71.4 Å². The molecule has 2 heteroatoms. The molecule has 0 spiro atoms. The monoisotopic (exact) mass is 252 g/mol. The fourth-order valence-electron chi connectivity index (χ4n) is 3.95. The molecule has 3 atom stereocenters. The van der Waals surface area contributed by atoms with Crippen LogP contribution in [-0.4, -0.2) is 30.1 Å². The molecule has 1 saturated heterocycles. The fourth-order valence-corrected chi connectivity index (χ4v) is 3.95. The van der Waals surface area contributed by atoms with Gasteiger partial charge in [0, 0.05) is 12.1 Å². The maximum atomic E-state index is 6.03. The highest BCUT2D eigenvalue weighted by Gasteiger charge is 2.31. The molecule has 0 aromatic carbocycles. The van der Waals surface area contributed by atoms with Gasteiger partial charge in [-0.3, -0.25) is 0 Å². The minimum atomic E-state index is 0.391. The van der Waals surface area contributed by atoms with Crippen molar-refractivity contribution >= 4 is 0 Å². The summed E-state index contributed by atoms with van der Waals surface area (Å²) in [7, 11) is 0. The lowest BCUT2D eigenvalue weighted by Crippen LogP contribution is -2.46. The molecular formula is C16H32N2. The molecule has 2 aliphatic rings. The van der Waals surface area contributed by atoms with Gasteiger partial charge in [-0.05, 0) is 63.5 Å². The van der Waals surface area contributed by atoms with Gasteiger partial charge in [0.25, 0.3) is 0 Å². The van der Waals surface area contributed by atoms with E-state index in [9.17, 15) is 0 Å². The third kappa shape index (κ3) is 3.48. The maximum absolute atomic E-state index is 6.03. The van der Waals surface area contributed by atoms with Crippen LogP contribution in [0.5, 0.6) is 0 Å². The van der Waals surface area contributed by atoms with Crippen molar-refractivity contribution in [1.29, 1.82) is 0 Å². The summed E-state index contributed by atoms with van der Waals surface area (Å²) in [5.74, 6) is 2.61. The molecule has 0 aromatic heterocycles. The van der Waals surface area contributed by atoms with E-state index in [1.807, 2.05) is 0 Å². The molecule has 2 N–H and O–H groups in total. The Morgan fingerprint density at radius 1 is 0.944 bits per heavy atom. The summed E-state index contributed by atoms with van der Waals surface area (Å²) < 4.78 is 0. The number of likely N-dealkylation sites (tertiary alicyclic amines) is 1. The van der Waals surface area contributed by atoms with Gasteiger partial charge in [-0.15, -0.1) is 0 Å². The van der Waals surface area contributed by atoms with Gasteiger partial charge in [-0.2, -0.15) is 0 Å². The zero-order valence-electron chi connectivity index (χ0n) is 12.6. The lowest BCUT2D eigenvalue weighted by molar-refractivity contribution is 0.0756. The Morgan fingerprint density at radius 3 is 2.17 bits per heavy atom. The predicted molar refractivity (Wildman–Crippen MR) is 78.5 cm³/mol. The Hall–Kier alpha value is -0.0800. The maximum Gasteiger partial charge on any atom is 0.00979 e. The topological polar surface area (TPSA) is 29.3 Å². The standard InChI is InChI=1S/C16H32N2/c1-12(2)15-5-4-6-16(11-15)18-9-7-14(8-10-18)13(3)17/h12-16H,4-11,17H2,1-3H3. The summed E-state index contributed by atoms with van der Waals surface area (Å²) in [6.07, 6.45) is 8.43. The molecule has 106 valence electrons. The van der Waals surface area contributed by atoms with Gasteiger partial charge in [0.1, 0.15) is 0 Å². The predicted octanol–water partition coefficient (Wildman–Crippen LogP) is 3.26. The Kier molecular flexibility index (Phi) is 5.08. The first-order valence-electron chi connectivity index (χ1n) is 8.07. The SMILES string of the molecule is CC(C)C1CCCC(N2CCC(C(C)N)CC2)C1. The summed E-state index contributed by atoms with van der Waals surface area (Å²) in [6, 6.07) is 1.27. The molecule has 18 heavy (non-hydrogen) atoms. The zero-order valence-corrected chi connectivity index (χ0v) is 12.6. The average molecular weight is 252 g/mol. The quantitative estimate of drug-likeness (QED) is 0.835. The van der Waals surface area contributed by atoms with Crippen molar-refractivity contribution in [3.8, 4) is 0 Å². The molecule has 2 nitrogen and oxygen atoms in total. The van der Waals surface area contributed by atoms with Crippen LogP contribution in [0.1, 0.15) is 59.3 Å². The molecule has 0 radical (unpaired) electrons. The van der Waals surface area contributed by atoms with Crippen LogP contribution >= 0.6 is 0 Å². The summed E-state index contributed by atoms with van der Waals surface area (Å²) >= 11 is 0. The van der Waals surface area contributed by atoms with E-state index in [2.05, 4.69) is 25.7 Å². The van der Waals surface area contributed by atoms with E-state index >= 15 is 0 Å². The number of nitrogens with two attached hydrogens (primary N) is 1. The first-order chi connectivity index (χ1) is 8.58. The minimum Gasteiger partial charge on any atom is -0.328 e. The van der Waals surface area contributed by atoms with E-state index in [0.717, 1.165) is 23.8 Å². The van der Waals surface area contributed by atoms with Gasteiger partial charge >= 0.3 is 0 Å². The summed E-state index contributed by atoms with van der Waals surface area (Å²) in [4.78, 5) is 2.77. The molecule has 1 aliphatic carbocycles. The first-order valence-corrected chi connectivity index (χ1v) is 8.07. The van der Waals surface area contributed by atoms with Crippen molar-refractivity contribution in [1.82, 2.24) is 4.90 Å². The van der Waals surface area contributed by atoms with Crippen LogP contribution < -0.4 is 5.73 Å². The summed E-state index contributed by atoms with van der Waals surface area (Å²) in [5.41, 5.74) is 6.03. The Bertz CT molecular complexity index is 241. The zero-order chi connectivity index (χ0) is 13.1. The third-order valence-electron chi connectivity index (χ3n) is 5.46. The normalized spacial score (nSPS) is 33.8. The second-order valence-corrected chi connectivity index (χ2v) is 7.06. The molecule has 0 aromatic rings. The van der Waals surface area contributed by atoms with Crippen molar-refractivity contribution in [2.24, 2.45) is 23.5 Å². The van der Waals surface area contributed by atoms with Crippen LogP contribution in [0.25, 0.3) is 0 Å². The van der Waals surface area contributed by atoms with E-state index in [4.69, 9.17) is 5.73 Å². The lowest BCUT2D eigenvalue weighted by Gasteiger charge is -2.42. The van der Waals surface area contributed by atoms with E-state index in [1.54, 1.807) is 0 Å². The lowest BCUT2D eigenvalue weighted by atomic mass is 9.78. The highest BCUT2D eigenvalue weighted by Crippen LogP contribution is 2.34. The summed E-state index contributed by atoms with van der Waals surface area (Å²) in [6.45, 7) is 9.56. The second-order valence-electron chi connectivity index (χ2n) is 7.06. The first kappa shape index (κ1) is 14.3. The van der Waals surface area contributed by atoms with Crippen LogP contribution in [0.15, 0.2) is 0 Å². The highest BCUT2D eigenvalue weighted by atomic mass is 15.2. The van der Waals surface area contributed by atoms with Crippen molar-refractivity contribution in [3.63, 3.8) is 0 Å². The molecule has 2 fully saturated rings. The fraction of sp³-hybridized carbons (Fsp3) is 1.00. The van der Waals surface area contributed by atoms with Crippen molar-refractivity contribution in [3.05, 3.63) is 0 Å². The Labute approximate surface area is 113 Å². The van der Waals surface area contributed by atoms with E-state index < -0.39 is 0 Å². The molecule has 2 rings (SSSR count). The smallest absolute Gasteiger partial charge is 0.00979 e. The van der Waals surface area contributed by atoms with E-state index in [1.165, 1.54) is 51.6 Å². The van der Waals surface area contributed by atoms with Crippen molar-refractivity contribution < 1.29 is 0 Å². The number of piperidine rings is 1. The number of hydrogen-bond acceptors (Lipinski definition) is 2. The summed E-state index contributed by atoms with van der Waals surface area (Å²) in [5, 5.41) is 0. The van der Waals surface area contributed by atoms with Crippen LogP contribution in [0.3, 0.4) is 0 Å². The van der Waals surface area contributed by atoms with Gasteiger partial charge in [-0.25, -0.2) is 0 Å². The Morgan fingerprint density at radius 2 is 1.61 bits per heavy atom. The van der Waals surface area contributed by atoms with Crippen LogP contribution in [0.4, 0.5) is 0 Å². The number of rotatable bonds is 3. The molecule has 3 unspecified atom stereocenters. The van der Waals surface area contributed by atoms with E-state index in [0.29, 0.717) is 6.04 Å². The minimum absolute atomic E-state index is 0.391. The molecule has 1 heterocycles. The van der Waals surface area contributed by atoms with E-state index in [-0.39, 0.29) is 0 Å². The molecule has 0 bridgehead atoms. The second kappa shape index (κ2) is 6.38. The van der Waals surface area contributed by atoms with Crippen molar-refractivity contribution in [2.75, 3.05) is 13.1 Å². The Balaban J connectivity index is 1.82. The van der Waals surface area contributed by atoms with Gasteiger partial charge in [0.15, 0.2) is 0 Å². The molecule has 1 saturated carbocycles. The molecular weight excluding hydrogens is 220 g/mol. The highest BCUT2D eigenvalue weighted by molar-refractivity contribution is 4.86. The molecule has 1 aliphatic heterocycles. The average Bonchev–Trinajstić information content (AvgIpc) is 2.39. The van der Waals surface area contributed by atoms with Crippen LogP contribution in [0, 0.1) is 17.8 Å². The third-order valence-corrected chi connectivity index (χ3v) is 5.46. The number of hydrogen-bond donors (Lipinski definition) is 1. The number of nitrogens with zero attached hydrogens (tertiary/aromatic N) is 1. The van der Waals surface area contributed by atoms with Crippen LogP contribution in [-0.2, 0) is 0 Å². The van der Waals surface area contributed by atoms with Gasteiger partial charge in [-0.1, -0.05) is 26.7 Å². The van der Waals surface area contributed by atoms with Gasteiger partial charge in [0.2, 0.25) is 0 Å². The van der Waals surface area contributed by atoms with Crippen LogP contribution in [0.2, 0.25) is 0 Å². The largest absolute Gasteiger partial charge is 0.328 e. The van der Waals surface area contributed by atoms with Gasteiger partial charge < -0.3 is 10.6 Å². The molecule has 0 amide bonds. The van der Waals surface area contributed by atoms with Gasteiger partial charge in [0.05, 0.1) is 0 Å².